The van der Waals surface area contributed by atoms with Crippen molar-refractivity contribution in [2.24, 2.45) is 11.1 Å². The van der Waals surface area contributed by atoms with E-state index in [1.54, 1.807) is 38.2 Å². The number of phenols is 1. The zero-order valence-corrected chi connectivity index (χ0v) is 16.1. The first-order chi connectivity index (χ1) is 14.1. The van der Waals surface area contributed by atoms with Crippen molar-refractivity contribution in [1.82, 2.24) is 0 Å². The van der Waals surface area contributed by atoms with Crippen LogP contribution >= 0.6 is 0 Å². The van der Waals surface area contributed by atoms with E-state index in [9.17, 15) is 23.5 Å². The SMILES string of the molecule is CC1=C(c2c3cc(F)c(=O)cc-3oc3cc(O)c(F)cc23)C=CC(C)(C(N)=O)C=C1. The number of phenolic OH excluding ortho intramolecular Hbond substituents is 1. The Morgan fingerprint density at radius 3 is 2.50 bits per heavy atom. The van der Waals surface area contributed by atoms with E-state index in [1.807, 2.05) is 0 Å². The number of carbonyl (C=O) groups is 1. The van der Waals surface area contributed by atoms with E-state index in [1.165, 1.54) is 0 Å². The summed E-state index contributed by atoms with van der Waals surface area (Å²) >= 11 is 0. The third-order valence-corrected chi connectivity index (χ3v) is 5.34. The molecule has 7 heteroatoms. The fourth-order valence-corrected chi connectivity index (χ4v) is 3.47. The van der Waals surface area contributed by atoms with E-state index >= 15 is 0 Å². The van der Waals surface area contributed by atoms with Crippen LogP contribution in [0.4, 0.5) is 8.78 Å². The number of fused-ring (bicyclic) bond motifs is 2. The normalized spacial score (nSPS) is 18.9. The lowest BCUT2D eigenvalue weighted by Gasteiger charge is -2.18. The van der Waals surface area contributed by atoms with Gasteiger partial charge in [0.15, 0.2) is 17.4 Å². The van der Waals surface area contributed by atoms with E-state index in [2.05, 4.69) is 0 Å². The molecule has 0 saturated carbocycles. The summed E-state index contributed by atoms with van der Waals surface area (Å²) in [6, 6.07) is 4.23. The molecule has 4 rings (SSSR count). The molecule has 0 spiro atoms. The molecule has 3 aliphatic rings. The molecule has 0 bridgehead atoms. The minimum Gasteiger partial charge on any atom is -0.505 e. The molecule has 0 saturated heterocycles. The van der Waals surface area contributed by atoms with Crippen LogP contribution in [0.2, 0.25) is 0 Å². The van der Waals surface area contributed by atoms with Crippen LogP contribution in [0.5, 0.6) is 5.75 Å². The highest BCUT2D eigenvalue weighted by Crippen LogP contribution is 2.42. The number of hydrogen-bond acceptors (Lipinski definition) is 4. The summed E-state index contributed by atoms with van der Waals surface area (Å²) < 4.78 is 34.1. The van der Waals surface area contributed by atoms with Crippen LogP contribution in [-0.2, 0) is 4.79 Å². The highest BCUT2D eigenvalue weighted by molar-refractivity contribution is 6.02. The van der Waals surface area contributed by atoms with Crippen molar-refractivity contribution >= 4 is 22.4 Å². The van der Waals surface area contributed by atoms with Crippen LogP contribution in [-0.4, -0.2) is 11.0 Å². The average Bonchev–Trinajstić information content (AvgIpc) is 2.83. The largest absolute Gasteiger partial charge is 0.505 e. The molecule has 1 heterocycles. The highest BCUT2D eigenvalue weighted by Gasteiger charge is 2.28. The Hall–Kier alpha value is -3.74. The van der Waals surface area contributed by atoms with Crippen molar-refractivity contribution in [2.45, 2.75) is 13.8 Å². The van der Waals surface area contributed by atoms with E-state index in [0.29, 0.717) is 16.7 Å². The van der Waals surface area contributed by atoms with Gasteiger partial charge in [0.25, 0.3) is 0 Å². The number of allylic oxidation sites excluding steroid dienone is 4. The molecule has 0 aromatic heterocycles. The van der Waals surface area contributed by atoms with Crippen molar-refractivity contribution in [3.8, 4) is 17.1 Å². The number of amides is 1. The van der Waals surface area contributed by atoms with E-state index < -0.39 is 34.1 Å². The van der Waals surface area contributed by atoms with Gasteiger partial charge in [0, 0.05) is 28.6 Å². The maximum absolute atomic E-state index is 14.2. The number of halogens is 2. The molecule has 0 fully saturated rings. The van der Waals surface area contributed by atoms with Crippen molar-refractivity contribution in [1.29, 1.82) is 0 Å². The van der Waals surface area contributed by atoms with E-state index in [-0.39, 0.29) is 22.3 Å². The van der Waals surface area contributed by atoms with Crippen molar-refractivity contribution in [2.75, 3.05) is 0 Å². The molecule has 1 aromatic rings. The van der Waals surface area contributed by atoms with Crippen LogP contribution < -0.4 is 11.2 Å². The number of rotatable bonds is 2. The second kappa shape index (κ2) is 6.66. The maximum Gasteiger partial charge on any atom is 0.231 e. The van der Waals surface area contributed by atoms with Gasteiger partial charge in [-0.05, 0) is 37.1 Å². The van der Waals surface area contributed by atoms with Crippen molar-refractivity contribution in [3.05, 3.63) is 81.6 Å². The Morgan fingerprint density at radius 1 is 1.10 bits per heavy atom. The second-order valence-electron chi connectivity index (χ2n) is 7.47. The van der Waals surface area contributed by atoms with Crippen LogP contribution in [0.3, 0.4) is 0 Å². The highest BCUT2D eigenvalue weighted by atomic mass is 19.1. The smallest absolute Gasteiger partial charge is 0.231 e. The fourth-order valence-electron chi connectivity index (χ4n) is 3.47. The first kappa shape index (κ1) is 19.6. The van der Waals surface area contributed by atoms with Crippen molar-refractivity contribution in [3.63, 3.8) is 0 Å². The third kappa shape index (κ3) is 2.99. The van der Waals surface area contributed by atoms with Crippen LogP contribution in [0.25, 0.3) is 27.9 Å². The summed E-state index contributed by atoms with van der Waals surface area (Å²) in [5.41, 5.74) is 5.63. The number of carbonyl (C=O) groups excluding carboxylic acids is 1. The Balaban J connectivity index is 2.14. The minimum atomic E-state index is -1.05. The number of aromatic hydroxyl groups is 1. The topological polar surface area (TPSA) is 93.5 Å². The zero-order chi connectivity index (χ0) is 21.8. The molecule has 1 unspecified atom stereocenters. The predicted molar refractivity (Wildman–Crippen MR) is 109 cm³/mol. The summed E-state index contributed by atoms with van der Waals surface area (Å²) in [5, 5.41) is 10.0. The molecule has 152 valence electrons. The Kier molecular flexibility index (Phi) is 4.34. The molecule has 1 amide bonds. The number of hydrogen-bond donors (Lipinski definition) is 2. The van der Waals surface area contributed by atoms with E-state index in [0.717, 1.165) is 24.3 Å². The van der Waals surface area contributed by atoms with Gasteiger partial charge in [0.1, 0.15) is 11.3 Å². The average molecular weight is 409 g/mol. The molecule has 5 nitrogen and oxygen atoms in total. The summed E-state index contributed by atoms with van der Waals surface area (Å²) in [5.74, 6) is -2.96. The lowest BCUT2D eigenvalue weighted by Crippen LogP contribution is -2.30. The van der Waals surface area contributed by atoms with Crippen LogP contribution in [0, 0.1) is 17.0 Å². The van der Waals surface area contributed by atoms with Gasteiger partial charge in [-0.1, -0.05) is 24.3 Å². The molecule has 1 aromatic carbocycles. The van der Waals surface area contributed by atoms with Crippen LogP contribution in [0.1, 0.15) is 19.4 Å². The van der Waals surface area contributed by atoms with E-state index in [4.69, 9.17) is 10.2 Å². The number of benzene rings is 2. The molecule has 3 N–H and O–H groups in total. The zero-order valence-electron chi connectivity index (χ0n) is 16.1. The molecular formula is C23H17F2NO4. The third-order valence-electron chi connectivity index (χ3n) is 5.34. The van der Waals surface area contributed by atoms with Gasteiger partial charge in [-0.15, -0.1) is 0 Å². The second-order valence-corrected chi connectivity index (χ2v) is 7.47. The van der Waals surface area contributed by atoms with Crippen molar-refractivity contribution < 1.29 is 23.1 Å². The monoisotopic (exact) mass is 409 g/mol. The van der Waals surface area contributed by atoms with Gasteiger partial charge in [-0.2, -0.15) is 0 Å². The van der Waals surface area contributed by atoms with Gasteiger partial charge >= 0.3 is 0 Å². The Morgan fingerprint density at radius 2 is 1.80 bits per heavy atom. The Bertz CT molecular complexity index is 1350. The Labute approximate surface area is 169 Å². The molecular weight excluding hydrogens is 392 g/mol. The quantitative estimate of drug-likeness (QED) is 0.618. The maximum atomic E-state index is 14.2. The van der Waals surface area contributed by atoms with Gasteiger partial charge < -0.3 is 15.3 Å². The summed E-state index contributed by atoms with van der Waals surface area (Å²) in [6.07, 6.45) is 6.61. The summed E-state index contributed by atoms with van der Waals surface area (Å²) in [7, 11) is 0. The standard InChI is InChI=1S/C23H17F2NO4/c1-11-3-5-23(2,22(26)29)6-4-12(11)21-13-7-15(24)17(27)9-19(13)30-20-10-18(28)16(25)8-14(20)21/h3-10,27H,1-2H3,(H2,26,29). The van der Waals surface area contributed by atoms with Gasteiger partial charge in [-0.3, -0.25) is 9.59 Å². The molecule has 2 aliphatic carbocycles. The van der Waals surface area contributed by atoms with Gasteiger partial charge in [0.2, 0.25) is 11.3 Å². The van der Waals surface area contributed by atoms with Gasteiger partial charge in [-0.25, -0.2) is 8.78 Å². The first-order valence-corrected chi connectivity index (χ1v) is 9.09. The molecule has 1 aliphatic heterocycles. The number of primary amides is 1. The van der Waals surface area contributed by atoms with Crippen LogP contribution in [0.15, 0.2) is 63.4 Å². The molecule has 0 radical (unpaired) electrons. The minimum absolute atomic E-state index is 0.0782. The van der Waals surface area contributed by atoms with Gasteiger partial charge in [0.05, 0.1) is 5.41 Å². The fraction of sp³-hybridized carbons (Fsp3) is 0.130. The molecule has 30 heavy (non-hydrogen) atoms. The first-order valence-electron chi connectivity index (χ1n) is 9.09. The summed E-state index contributed by atoms with van der Waals surface area (Å²) in [4.78, 5) is 23.7. The lowest BCUT2D eigenvalue weighted by molar-refractivity contribution is -0.122. The molecule has 1 atom stereocenters. The lowest BCUT2D eigenvalue weighted by atomic mass is 9.88. The summed E-state index contributed by atoms with van der Waals surface area (Å²) in [6.45, 7) is 3.43. The number of nitrogens with two attached hydrogens (primary N) is 1. The predicted octanol–water partition coefficient (Wildman–Crippen LogP) is 4.27.